The van der Waals surface area contributed by atoms with Gasteiger partial charge in [-0.15, -0.1) is 0 Å². The highest BCUT2D eigenvalue weighted by atomic mass is 16.5. The van der Waals surface area contributed by atoms with Gasteiger partial charge < -0.3 is 10.1 Å². The number of methoxy groups -OCH3 is 1. The number of pyridine rings is 1. The molecular formula is C18H24N2O. The predicted molar refractivity (Wildman–Crippen MR) is 86.4 cm³/mol. The Kier molecular flexibility index (Phi) is 4.22. The molecule has 0 radical (unpaired) electrons. The van der Waals surface area contributed by atoms with E-state index in [0.717, 1.165) is 18.5 Å². The molecule has 3 nitrogen and oxygen atoms in total. The van der Waals surface area contributed by atoms with Crippen molar-refractivity contribution >= 4 is 10.9 Å². The first-order chi connectivity index (χ1) is 10.3. The van der Waals surface area contributed by atoms with Gasteiger partial charge in [0, 0.05) is 24.7 Å². The predicted octanol–water partition coefficient (Wildman–Crippen LogP) is 3.84. The summed E-state index contributed by atoms with van der Waals surface area (Å²) in [6.07, 6.45) is 6.52. The molecule has 21 heavy (non-hydrogen) atoms. The average molecular weight is 284 g/mol. The molecule has 0 spiro atoms. The van der Waals surface area contributed by atoms with Crippen molar-refractivity contribution in [1.82, 2.24) is 10.3 Å². The Balaban J connectivity index is 1.95. The van der Waals surface area contributed by atoms with Crippen LogP contribution in [-0.2, 0) is 4.74 Å². The third kappa shape index (κ3) is 2.81. The second-order valence-electron chi connectivity index (χ2n) is 5.97. The summed E-state index contributed by atoms with van der Waals surface area (Å²) < 4.78 is 5.83. The van der Waals surface area contributed by atoms with Crippen LogP contribution in [0.15, 0.2) is 36.5 Å². The van der Waals surface area contributed by atoms with Crippen LogP contribution in [0.25, 0.3) is 10.9 Å². The van der Waals surface area contributed by atoms with Crippen LogP contribution in [0, 0.1) is 0 Å². The van der Waals surface area contributed by atoms with Gasteiger partial charge in [-0.3, -0.25) is 4.98 Å². The highest BCUT2D eigenvalue weighted by Gasteiger charge is 2.39. The fourth-order valence-electron chi connectivity index (χ4n) is 3.40. The van der Waals surface area contributed by atoms with Crippen LogP contribution in [0.1, 0.15) is 44.2 Å². The van der Waals surface area contributed by atoms with Crippen molar-refractivity contribution in [2.24, 2.45) is 0 Å². The fourth-order valence-corrected chi connectivity index (χ4v) is 3.40. The highest BCUT2D eigenvalue weighted by molar-refractivity contribution is 5.82. The molecule has 1 fully saturated rings. The molecule has 0 saturated heterocycles. The Morgan fingerprint density at radius 1 is 1.29 bits per heavy atom. The number of rotatable bonds is 6. The van der Waals surface area contributed by atoms with Gasteiger partial charge in [-0.1, -0.05) is 25.1 Å². The minimum absolute atomic E-state index is 0.0667. The summed E-state index contributed by atoms with van der Waals surface area (Å²) in [5, 5.41) is 4.89. The van der Waals surface area contributed by atoms with Crippen LogP contribution in [0.2, 0.25) is 0 Å². The number of hydrogen-bond donors (Lipinski definition) is 1. The quantitative estimate of drug-likeness (QED) is 0.875. The van der Waals surface area contributed by atoms with E-state index in [4.69, 9.17) is 4.74 Å². The van der Waals surface area contributed by atoms with Gasteiger partial charge >= 0.3 is 0 Å². The Morgan fingerprint density at radius 2 is 2.14 bits per heavy atom. The maximum absolute atomic E-state index is 5.83. The monoisotopic (exact) mass is 284 g/mol. The van der Waals surface area contributed by atoms with Gasteiger partial charge in [-0.05, 0) is 49.9 Å². The van der Waals surface area contributed by atoms with Crippen LogP contribution in [0.4, 0.5) is 0 Å². The molecule has 2 aromatic rings. The molecule has 3 heteroatoms. The molecule has 3 rings (SSSR count). The van der Waals surface area contributed by atoms with Crippen LogP contribution < -0.4 is 5.32 Å². The van der Waals surface area contributed by atoms with Crippen molar-refractivity contribution in [3.8, 4) is 0 Å². The molecule has 0 aliphatic heterocycles. The molecule has 1 saturated carbocycles. The Morgan fingerprint density at radius 3 is 2.81 bits per heavy atom. The van der Waals surface area contributed by atoms with Gasteiger partial charge in [0.15, 0.2) is 0 Å². The molecule has 1 N–H and O–H groups in total. The Labute approximate surface area is 126 Å². The normalized spacial score (nSPS) is 18.4. The summed E-state index contributed by atoms with van der Waals surface area (Å²) in [7, 11) is 1.85. The first kappa shape index (κ1) is 14.5. The lowest BCUT2D eigenvalue weighted by atomic mass is 9.74. The van der Waals surface area contributed by atoms with Gasteiger partial charge in [0.05, 0.1) is 11.1 Å². The van der Waals surface area contributed by atoms with E-state index in [9.17, 15) is 0 Å². The molecule has 1 aromatic heterocycles. The maximum atomic E-state index is 5.83. The lowest BCUT2D eigenvalue weighted by molar-refractivity contribution is -0.0836. The van der Waals surface area contributed by atoms with E-state index in [0.29, 0.717) is 6.04 Å². The number of aromatic nitrogens is 1. The van der Waals surface area contributed by atoms with Crippen molar-refractivity contribution in [1.29, 1.82) is 0 Å². The first-order valence-electron chi connectivity index (χ1n) is 7.90. The number of ether oxygens (including phenoxy) is 1. The van der Waals surface area contributed by atoms with Gasteiger partial charge in [0.1, 0.15) is 0 Å². The molecule has 112 valence electrons. The van der Waals surface area contributed by atoms with E-state index in [-0.39, 0.29) is 5.60 Å². The van der Waals surface area contributed by atoms with Gasteiger partial charge in [-0.25, -0.2) is 0 Å². The van der Waals surface area contributed by atoms with Crippen LogP contribution in [0.5, 0.6) is 0 Å². The molecule has 0 amide bonds. The smallest absolute Gasteiger partial charge is 0.0705 e. The van der Waals surface area contributed by atoms with Crippen LogP contribution in [-0.4, -0.2) is 24.2 Å². The highest BCUT2D eigenvalue weighted by Crippen LogP contribution is 2.42. The zero-order valence-electron chi connectivity index (χ0n) is 12.9. The summed E-state index contributed by atoms with van der Waals surface area (Å²) in [6.45, 7) is 3.12. The summed E-state index contributed by atoms with van der Waals surface area (Å²) in [6, 6.07) is 10.9. The second kappa shape index (κ2) is 6.12. The summed E-state index contributed by atoms with van der Waals surface area (Å²) in [5.74, 6) is 0. The maximum Gasteiger partial charge on any atom is 0.0705 e. The number of nitrogens with one attached hydrogen (secondary N) is 1. The number of nitrogens with zero attached hydrogens (tertiary/aromatic N) is 1. The van der Waals surface area contributed by atoms with Crippen LogP contribution in [0.3, 0.4) is 0 Å². The largest absolute Gasteiger partial charge is 0.378 e. The first-order valence-corrected chi connectivity index (χ1v) is 7.90. The number of hydrogen-bond acceptors (Lipinski definition) is 3. The van der Waals surface area contributed by atoms with Crippen molar-refractivity contribution in [3.05, 3.63) is 42.1 Å². The third-order valence-corrected chi connectivity index (χ3v) is 4.78. The molecule has 1 heterocycles. The van der Waals surface area contributed by atoms with Crippen molar-refractivity contribution in [2.75, 3.05) is 13.7 Å². The molecule has 1 aromatic carbocycles. The lowest BCUT2D eigenvalue weighted by Crippen LogP contribution is -2.42. The average Bonchev–Trinajstić information content (AvgIpc) is 2.49. The standard InChI is InChI=1S/C18H24N2O/c1-3-19-17(13-18(21-2)10-6-11-18)15-7-4-9-16-14(15)8-5-12-20-16/h4-5,7-9,12,17,19H,3,6,10-11,13H2,1-2H3. The van der Waals surface area contributed by atoms with Gasteiger partial charge in [0.2, 0.25) is 0 Å². The van der Waals surface area contributed by atoms with Gasteiger partial charge in [0.25, 0.3) is 0 Å². The van der Waals surface area contributed by atoms with E-state index in [2.05, 4.69) is 41.5 Å². The van der Waals surface area contributed by atoms with E-state index in [1.165, 1.54) is 30.2 Å². The zero-order chi connectivity index (χ0) is 14.7. The van der Waals surface area contributed by atoms with E-state index >= 15 is 0 Å². The topological polar surface area (TPSA) is 34.1 Å². The van der Waals surface area contributed by atoms with E-state index in [1.54, 1.807) is 0 Å². The molecule has 0 bridgehead atoms. The number of benzene rings is 1. The van der Waals surface area contributed by atoms with Gasteiger partial charge in [-0.2, -0.15) is 0 Å². The second-order valence-corrected chi connectivity index (χ2v) is 5.97. The Bertz CT molecular complexity index is 596. The minimum atomic E-state index is 0.0667. The van der Waals surface area contributed by atoms with Crippen molar-refractivity contribution in [2.45, 2.75) is 44.2 Å². The minimum Gasteiger partial charge on any atom is -0.378 e. The summed E-state index contributed by atoms with van der Waals surface area (Å²) >= 11 is 0. The van der Waals surface area contributed by atoms with E-state index in [1.807, 2.05) is 19.4 Å². The lowest BCUT2D eigenvalue weighted by Gasteiger charge is -2.43. The van der Waals surface area contributed by atoms with Crippen molar-refractivity contribution < 1.29 is 4.74 Å². The zero-order valence-corrected chi connectivity index (χ0v) is 12.9. The van der Waals surface area contributed by atoms with Crippen molar-refractivity contribution in [3.63, 3.8) is 0 Å². The Hall–Kier alpha value is -1.45. The van der Waals surface area contributed by atoms with E-state index < -0.39 is 0 Å². The molecule has 1 atom stereocenters. The fraction of sp³-hybridized carbons (Fsp3) is 0.500. The molecule has 1 unspecified atom stereocenters. The third-order valence-electron chi connectivity index (χ3n) is 4.78. The summed E-state index contributed by atoms with van der Waals surface area (Å²) in [4.78, 5) is 4.48. The molecular weight excluding hydrogens is 260 g/mol. The number of fused-ring (bicyclic) bond motifs is 1. The SMILES string of the molecule is CCNC(CC1(OC)CCC1)c1cccc2ncccc12. The molecule has 1 aliphatic rings. The summed E-state index contributed by atoms with van der Waals surface area (Å²) in [5.41, 5.74) is 2.47. The molecule has 1 aliphatic carbocycles. The van der Waals surface area contributed by atoms with Crippen LogP contribution >= 0.6 is 0 Å².